The van der Waals surface area contributed by atoms with Gasteiger partial charge in [0.2, 0.25) is 5.91 Å². The Kier molecular flexibility index (Phi) is 4.32. The van der Waals surface area contributed by atoms with Crippen molar-refractivity contribution < 1.29 is 9.53 Å². The second-order valence-corrected chi connectivity index (χ2v) is 6.90. The van der Waals surface area contributed by atoms with E-state index in [1.54, 1.807) is 6.92 Å². The number of nitrogens with zero attached hydrogens (tertiary/aromatic N) is 1. The van der Waals surface area contributed by atoms with E-state index in [1.807, 2.05) is 0 Å². The highest BCUT2D eigenvalue weighted by molar-refractivity contribution is 5.73. The number of ether oxygens (including phenoxy) is 1. The van der Waals surface area contributed by atoms with Gasteiger partial charge in [0.25, 0.3) is 0 Å². The van der Waals surface area contributed by atoms with Gasteiger partial charge in [-0.05, 0) is 38.5 Å². The second-order valence-electron chi connectivity index (χ2n) is 6.90. The van der Waals surface area contributed by atoms with E-state index in [4.69, 9.17) is 4.74 Å². The quantitative estimate of drug-likeness (QED) is 0.842. The molecule has 1 amide bonds. The molecule has 3 fully saturated rings. The van der Waals surface area contributed by atoms with Crippen LogP contribution < -0.4 is 5.32 Å². The molecule has 114 valence electrons. The fraction of sp³-hybridized carbons (Fsp3) is 0.938. The van der Waals surface area contributed by atoms with Crippen molar-refractivity contribution in [1.29, 1.82) is 0 Å². The highest BCUT2D eigenvalue weighted by Gasteiger charge is 2.41. The van der Waals surface area contributed by atoms with E-state index in [2.05, 4.69) is 10.2 Å². The molecule has 1 atom stereocenters. The Morgan fingerprint density at radius 2 is 1.90 bits per heavy atom. The Hall–Kier alpha value is -0.610. The fourth-order valence-corrected chi connectivity index (χ4v) is 4.35. The van der Waals surface area contributed by atoms with Crippen molar-refractivity contribution in [1.82, 2.24) is 10.2 Å². The normalized spacial score (nSPS) is 31.6. The van der Waals surface area contributed by atoms with Crippen molar-refractivity contribution in [3.8, 4) is 0 Å². The zero-order valence-corrected chi connectivity index (χ0v) is 12.7. The van der Waals surface area contributed by atoms with Gasteiger partial charge in [-0.2, -0.15) is 0 Å². The molecule has 1 N–H and O–H groups in total. The highest BCUT2D eigenvalue weighted by Crippen LogP contribution is 2.37. The summed E-state index contributed by atoms with van der Waals surface area (Å²) >= 11 is 0. The van der Waals surface area contributed by atoms with E-state index < -0.39 is 0 Å². The Morgan fingerprint density at radius 1 is 1.20 bits per heavy atom. The monoisotopic (exact) mass is 280 g/mol. The van der Waals surface area contributed by atoms with E-state index in [9.17, 15) is 4.79 Å². The Morgan fingerprint density at radius 3 is 2.55 bits per heavy atom. The van der Waals surface area contributed by atoms with Crippen LogP contribution in [0.4, 0.5) is 0 Å². The second kappa shape index (κ2) is 6.02. The summed E-state index contributed by atoms with van der Waals surface area (Å²) in [4.78, 5) is 13.9. The third-order valence-corrected chi connectivity index (χ3v) is 5.45. The SMILES string of the molecule is CC(=O)NC1CCOC2(CCN(C3CCCC3)CC2)C1. The summed E-state index contributed by atoms with van der Waals surface area (Å²) in [6.45, 7) is 4.77. The van der Waals surface area contributed by atoms with Crippen LogP contribution >= 0.6 is 0 Å². The number of hydrogen-bond donors (Lipinski definition) is 1. The minimum absolute atomic E-state index is 0.0421. The molecule has 0 bridgehead atoms. The number of nitrogens with one attached hydrogen (secondary N) is 1. The van der Waals surface area contributed by atoms with Crippen LogP contribution in [0.3, 0.4) is 0 Å². The molecule has 0 aromatic carbocycles. The maximum absolute atomic E-state index is 11.2. The summed E-state index contributed by atoms with van der Waals surface area (Å²) in [5, 5.41) is 3.09. The minimum atomic E-state index is 0.0421. The Bertz CT molecular complexity index is 344. The van der Waals surface area contributed by atoms with Crippen LogP contribution in [0.1, 0.15) is 58.3 Å². The lowest BCUT2D eigenvalue weighted by Crippen LogP contribution is -2.54. The molecule has 1 unspecified atom stereocenters. The van der Waals surface area contributed by atoms with Gasteiger partial charge < -0.3 is 15.0 Å². The van der Waals surface area contributed by atoms with Crippen LogP contribution in [0.2, 0.25) is 0 Å². The van der Waals surface area contributed by atoms with Crippen LogP contribution in [0.25, 0.3) is 0 Å². The molecule has 4 heteroatoms. The van der Waals surface area contributed by atoms with Crippen LogP contribution in [-0.4, -0.2) is 48.2 Å². The van der Waals surface area contributed by atoms with Crippen molar-refractivity contribution in [3.63, 3.8) is 0 Å². The molecule has 0 aromatic heterocycles. The van der Waals surface area contributed by atoms with Crippen LogP contribution in [-0.2, 0) is 9.53 Å². The summed E-state index contributed by atoms with van der Waals surface area (Å²) in [5.41, 5.74) is 0.0421. The van der Waals surface area contributed by atoms with Crippen molar-refractivity contribution >= 4 is 5.91 Å². The van der Waals surface area contributed by atoms with Gasteiger partial charge >= 0.3 is 0 Å². The summed E-state index contributed by atoms with van der Waals surface area (Å²) < 4.78 is 6.15. The standard InChI is InChI=1S/C16H28N2O2/c1-13(19)17-14-6-11-20-16(12-14)7-9-18(10-8-16)15-4-2-3-5-15/h14-15H,2-12H2,1H3,(H,17,19). The first kappa shape index (κ1) is 14.3. The van der Waals surface area contributed by atoms with Crippen molar-refractivity contribution in [2.75, 3.05) is 19.7 Å². The summed E-state index contributed by atoms with van der Waals surface area (Å²) in [7, 11) is 0. The third kappa shape index (κ3) is 3.17. The molecule has 3 aliphatic rings. The van der Waals surface area contributed by atoms with Crippen LogP contribution in [0, 0.1) is 0 Å². The molecular weight excluding hydrogens is 252 g/mol. The topological polar surface area (TPSA) is 41.6 Å². The van der Waals surface area contributed by atoms with E-state index in [0.717, 1.165) is 38.3 Å². The van der Waals surface area contributed by atoms with Gasteiger partial charge in [0.1, 0.15) is 0 Å². The average Bonchev–Trinajstić information content (AvgIpc) is 2.93. The van der Waals surface area contributed by atoms with Crippen LogP contribution in [0.15, 0.2) is 0 Å². The first-order valence-electron chi connectivity index (χ1n) is 8.32. The lowest BCUT2D eigenvalue weighted by atomic mass is 9.82. The molecule has 4 nitrogen and oxygen atoms in total. The summed E-state index contributed by atoms with van der Waals surface area (Å²) in [5.74, 6) is 0.0930. The molecule has 20 heavy (non-hydrogen) atoms. The minimum Gasteiger partial charge on any atom is -0.375 e. The molecule has 1 aliphatic carbocycles. The van der Waals surface area contributed by atoms with E-state index in [1.165, 1.54) is 38.8 Å². The average molecular weight is 280 g/mol. The zero-order valence-electron chi connectivity index (χ0n) is 12.7. The third-order valence-electron chi connectivity index (χ3n) is 5.45. The van der Waals surface area contributed by atoms with Crippen molar-refractivity contribution in [2.24, 2.45) is 0 Å². The molecule has 2 saturated heterocycles. The highest BCUT2D eigenvalue weighted by atomic mass is 16.5. The van der Waals surface area contributed by atoms with Gasteiger partial charge in [-0.1, -0.05) is 12.8 Å². The van der Waals surface area contributed by atoms with Gasteiger partial charge in [-0.25, -0.2) is 0 Å². The zero-order chi connectivity index (χ0) is 14.0. The first-order chi connectivity index (χ1) is 9.67. The Labute approximate surface area is 122 Å². The van der Waals surface area contributed by atoms with E-state index >= 15 is 0 Å². The maximum atomic E-state index is 11.2. The van der Waals surface area contributed by atoms with Crippen molar-refractivity contribution in [2.45, 2.75) is 76.0 Å². The van der Waals surface area contributed by atoms with Crippen molar-refractivity contribution in [3.05, 3.63) is 0 Å². The Balaban J connectivity index is 1.53. The molecule has 3 rings (SSSR count). The molecule has 1 saturated carbocycles. The van der Waals surface area contributed by atoms with E-state index in [-0.39, 0.29) is 11.5 Å². The van der Waals surface area contributed by atoms with Gasteiger partial charge in [-0.3, -0.25) is 4.79 Å². The first-order valence-corrected chi connectivity index (χ1v) is 8.32. The molecule has 0 radical (unpaired) electrons. The molecule has 2 heterocycles. The molecule has 0 aromatic rings. The van der Waals surface area contributed by atoms with Gasteiger partial charge in [0, 0.05) is 38.7 Å². The van der Waals surface area contributed by atoms with Gasteiger partial charge in [-0.15, -0.1) is 0 Å². The summed E-state index contributed by atoms with van der Waals surface area (Å²) in [6.07, 6.45) is 9.85. The number of carbonyl (C=O) groups excluding carboxylic acids is 1. The smallest absolute Gasteiger partial charge is 0.217 e. The lowest BCUT2D eigenvalue weighted by Gasteiger charge is -2.47. The van der Waals surface area contributed by atoms with Gasteiger partial charge in [0.15, 0.2) is 0 Å². The van der Waals surface area contributed by atoms with Crippen LogP contribution in [0.5, 0.6) is 0 Å². The lowest BCUT2D eigenvalue weighted by molar-refractivity contribution is -0.131. The number of rotatable bonds is 2. The maximum Gasteiger partial charge on any atom is 0.217 e. The predicted octanol–water partition coefficient (Wildman–Crippen LogP) is 2.08. The number of likely N-dealkylation sites (tertiary alicyclic amines) is 1. The van der Waals surface area contributed by atoms with E-state index in [0.29, 0.717) is 6.04 Å². The number of hydrogen-bond acceptors (Lipinski definition) is 3. The molecule has 1 spiro atoms. The van der Waals surface area contributed by atoms with Gasteiger partial charge in [0.05, 0.1) is 5.60 Å². The predicted molar refractivity (Wildman–Crippen MR) is 78.6 cm³/mol. The number of piperidine rings is 1. The summed E-state index contributed by atoms with van der Waals surface area (Å²) in [6, 6.07) is 1.15. The number of carbonyl (C=O) groups is 1. The largest absolute Gasteiger partial charge is 0.375 e. The molecular formula is C16H28N2O2. The fourth-order valence-electron chi connectivity index (χ4n) is 4.35. The number of amides is 1. The molecule has 2 aliphatic heterocycles.